The summed E-state index contributed by atoms with van der Waals surface area (Å²) in [5.74, 6) is -0.947. The molecule has 2 aromatic heterocycles. The summed E-state index contributed by atoms with van der Waals surface area (Å²) in [7, 11) is 0. The van der Waals surface area contributed by atoms with E-state index in [1.807, 2.05) is 16.7 Å². The standard InChI is InChI=1S/C14H13BrN2O2/c1-3-7-17-9(2)11(14(18)19)12(15)13(17)10-5-4-6-16-8-10/h3-6,8H,1,7H2,2H3,(H,18,19). The highest BCUT2D eigenvalue weighted by Crippen LogP contribution is 2.35. The summed E-state index contributed by atoms with van der Waals surface area (Å²) in [6.45, 7) is 6.05. The molecule has 0 saturated carbocycles. The lowest BCUT2D eigenvalue weighted by molar-refractivity contribution is 0.0695. The van der Waals surface area contributed by atoms with Gasteiger partial charge in [-0.05, 0) is 35.0 Å². The first kappa shape index (κ1) is 13.5. The summed E-state index contributed by atoms with van der Waals surface area (Å²) in [4.78, 5) is 15.4. The third kappa shape index (κ3) is 2.33. The number of halogens is 1. The van der Waals surface area contributed by atoms with Crippen LogP contribution in [-0.4, -0.2) is 20.6 Å². The molecule has 0 aliphatic rings. The van der Waals surface area contributed by atoms with Gasteiger partial charge in [0.2, 0.25) is 0 Å². The van der Waals surface area contributed by atoms with Crippen LogP contribution in [0.5, 0.6) is 0 Å². The second kappa shape index (κ2) is 5.40. The van der Waals surface area contributed by atoms with Crippen molar-refractivity contribution in [3.8, 4) is 11.3 Å². The third-order valence-electron chi connectivity index (χ3n) is 2.92. The Morgan fingerprint density at radius 3 is 2.89 bits per heavy atom. The monoisotopic (exact) mass is 320 g/mol. The predicted octanol–water partition coefficient (Wildman–Crippen LogP) is 3.51. The van der Waals surface area contributed by atoms with Crippen molar-refractivity contribution >= 4 is 21.9 Å². The van der Waals surface area contributed by atoms with Gasteiger partial charge >= 0.3 is 5.97 Å². The topological polar surface area (TPSA) is 55.1 Å². The van der Waals surface area contributed by atoms with Gasteiger partial charge in [0.25, 0.3) is 0 Å². The van der Waals surface area contributed by atoms with Crippen molar-refractivity contribution in [2.45, 2.75) is 13.5 Å². The Morgan fingerprint density at radius 1 is 1.63 bits per heavy atom. The molecule has 19 heavy (non-hydrogen) atoms. The van der Waals surface area contributed by atoms with E-state index in [9.17, 15) is 9.90 Å². The van der Waals surface area contributed by atoms with E-state index < -0.39 is 5.97 Å². The molecular weight excluding hydrogens is 308 g/mol. The van der Waals surface area contributed by atoms with E-state index in [1.165, 1.54) is 0 Å². The van der Waals surface area contributed by atoms with Crippen LogP contribution in [0.4, 0.5) is 0 Å². The number of nitrogens with zero attached hydrogens (tertiary/aromatic N) is 2. The molecule has 0 spiro atoms. The van der Waals surface area contributed by atoms with Crippen LogP contribution in [0.2, 0.25) is 0 Å². The van der Waals surface area contributed by atoms with Crippen molar-refractivity contribution in [3.63, 3.8) is 0 Å². The Hall–Kier alpha value is -1.88. The summed E-state index contributed by atoms with van der Waals surface area (Å²) in [6, 6.07) is 3.72. The van der Waals surface area contributed by atoms with Crippen LogP contribution < -0.4 is 0 Å². The van der Waals surface area contributed by atoms with Crippen LogP contribution >= 0.6 is 15.9 Å². The summed E-state index contributed by atoms with van der Waals surface area (Å²) in [5, 5.41) is 9.31. The lowest BCUT2D eigenvalue weighted by atomic mass is 10.2. The molecule has 0 saturated heterocycles. The number of carboxylic acid groups (broad SMARTS) is 1. The van der Waals surface area contributed by atoms with Gasteiger partial charge in [0.05, 0.1) is 15.7 Å². The SMILES string of the molecule is C=CCn1c(C)c(C(=O)O)c(Br)c1-c1cccnc1. The second-order valence-corrected chi connectivity index (χ2v) is 4.86. The van der Waals surface area contributed by atoms with Crippen LogP contribution in [0.3, 0.4) is 0 Å². The minimum absolute atomic E-state index is 0.278. The molecule has 4 nitrogen and oxygen atoms in total. The Balaban J connectivity index is 2.75. The van der Waals surface area contributed by atoms with Crippen molar-refractivity contribution in [2.24, 2.45) is 0 Å². The Kier molecular flexibility index (Phi) is 3.85. The molecule has 0 aromatic carbocycles. The average Bonchev–Trinajstić information content (AvgIpc) is 2.63. The molecule has 98 valence electrons. The molecule has 2 aromatic rings. The van der Waals surface area contributed by atoms with Crippen LogP contribution in [0, 0.1) is 6.92 Å². The van der Waals surface area contributed by atoms with Crippen LogP contribution in [-0.2, 0) is 6.54 Å². The molecule has 0 bridgehead atoms. The molecule has 2 rings (SSSR count). The molecule has 0 fully saturated rings. The largest absolute Gasteiger partial charge is 0.478 e. The number of aromatic nitrogens is 2. The number of carbonyl (C=O) groups is 1. The predicted molar refractivity (Wildman–Crippen MR) is 77.3 cm³/mol. The van der Waals surface area contributed by atoms with Crippen molar-refractivity contribution in [2.75, 3.05) is 0 Å². The first-order chi connectivity index (χ1) is 9.07. The van der Waals surface area contributed by atoms with E-state index in [1.54, 1.807) is 25.4 Å². The van der Waals surface area contributed by atoms with Crippen LogP contribution in [0.25, 0.3) is 11.3 Å². The first-order valence-electron chi connectivity index (χ1n) is 5.71. The highest BCUT2D eigenvalue weighted by Gasteiger charge is 2.23. The van der Waals surface area contributed by atoms with Crippen molar-refractivity contribution < 1.29 is 9.90 Å². The molecule has 0 radical (unpaired) electrons. The molecule has 0 aliphatic carbocycles. The molecular formula is C14H13BrN2O2. The lowest BCUT2D eigenvalue weighted by Gasteiger charge is -2.09. The van der Waals surface area contributed by atoms with Gasteiger partial charge in [0, 0.05) is 30.2 Å². The molecule has 5 heteroatoms. The van der Waals surface area contributed by atoms with Crippen molar-refractivity contribution in [3.05, 3.63) is 52.9 Å². The molecule has 0 unspecified atom stereocenters. The zero-order chi connectivity index (χ0) is 14.0. The van der Waals surface area contributed by atoms with E-state index in [0.717, 1.165) is 11.3 Å². The van der Waals surface area contributed by atoms with E-state index in [4.69, 9.17) is 0 Å². The molecule has 1 N–H and O–H groups in total. The van der Waals surface area contributed by atoms with Gasteiger partial charge in [-0.25, -0.2) is 4.79 Å². The summed E-state index contributed by atoms with van der Waals surface area (Å²) in [5.41, 5.74) is 2.65. The van der Waals surface area contributed by atoms with Crippen LogP contribution in [0.15, 0.2) is 41.7 Å². The highest BCUT2D eigenvalue weighted by molar-refractivity contribution is 9.10. The summed E-state index contributed by atoms with van der Waals surface area (Å²) in [6.07, 6.45) is 5.14. The quantitative estimate of drug-likeness (QED) is 0.877. The number of allylic oxidation sites excluding steroid dienone is 1. The maximum absolute atomic E-state index is 11.4. The summed E-state index contributed by atoms with van der Waals surface area (Å²) < 4.78 is 2.49. The van der Waals surface area contributed by atoms with Gasteiger partial charge in [-0.15, -0.1) is 6.58 Å². The number of hydrogen-bond donors (Lipinski definition) is 1. The zero-order valence-corrected chi connectivity index (χ0v) is 12.0. The zero-order valence-electron chi connectivity index (χ0n) is 10.4. The van der Waals surface area contributed by atoms with Gasteiger partial charge in [-0.2, -0.15) is 0 Å². The lowest BCUT2D eigenvalue weighted by Crippen LogP contribution is -2.03. The van der Waals surface area contributed by atoms with E-state index >= 15 is 0 Å². The smallest absolute Gasteiger partial charge is 0.338 e. The maximum atomic E-state index is 11.4. The van der Waals surface area contributed by atoms with Crippen LogP contribution in [0.1, 0.15) is 16.1 Å². The molecule has 2 heterocycles. The van der Waals surface area contributed by atoms with Gasteiger partial charge in [-0.3, -0.25) is 4.98 Å². The van der Waals surface area contributed by atoms with E-state index in [-0.39, 0.29) is 5.56 Å². The normalized spacial score (nSPS) is 10.4. The number of hydrogen-bond acceptors (Lipinski definition) is 2. The fourth-order valence-electron chi connectivity index (χ4n) is 2.09. The van der Waals surface area contributed by atoms with E-state index in [0.29, 0.717) is 16.7 Å². The van der Waals surface area contributed by atoms with E-state index in [2.05, 4.69) is 27.5 Å². The first-order valence-corrected chi connectivity index (χ1v) is 6.50. The maximum Gasteiger partial charge on any atom is 0.338 e. The summed E-state index contributed by atoms with van der Waals surface area (Å²) >= 11 is 3.40. The third-order valence-corrected chi connectivity index (χ3v) is 3.70. The Morgan fingerprint density at radius 2 is 2.37 bits per heavy atom. The van der Waals surface area contributed by atoms with Crippen molar-refractivity contribution in [1.82, 2.24) is 9.55 Å². The fourth-order valence-corrected chi connectivity index (χ4v) is 2.99. The molecule has 0 aliphatic heterocycles. The van der Waals surface area contributed by atoms with Gasteiger partial charge in [0.15, 0.2) is 0 Å². The van der Waals surface area contributed by atoms with Crippen molar-refractivity contribution in [1.29, 1.82) is 0 Å². The minimum Gasteiger partial charge on any atom is -0.478 e. The Bertz CT molecular complexity index is 633. The molecule has 0 amide bonds. The number of rotatable bonds is 4. The molecule has 0 atom stereocenters. The average molecular weight is 321 g/mol. The second-order valence-electron chi connectivity index (χ2n) is 4.07. The highest BCUT2D eigenvalue weighted by atomic mass is 79.9. The van der Waals surface area contributed by atoms with Gasteiger partial charge in [0.1, 0.15) is 0 Å². The Labute approximate surface area is 119 Å². The number of aromatic carboxylic acids is 1. The van der Waals surface area contributed by atoms with Gasteiger partial charge < -0.3 is 9.67 Å². The minimum atomic E-state index is -0.947. The number of carboxylic acids is 1. The van der Waals surface area contributed by atoms with Gasteiger partial charge in [-0.1, -0.05) is 6.08 Å². The fraction of sp³-hybridized carbons (Fsp3) is 0.143. The number of pyridine rings is 1.